The molecular weight excluding hydrogens is 270 g/mol. The van der Waals surface area contributed by atoms with E-state index < -0.39 is 0 Å². The Morgan fingerprint density at radius 1 is 0.636 bits per heavy atom. The number of nitrogens with zero attached hydrogens (tertiary/aromatic N) is 3. The summed E-state index contributed by atoms with van der Waals surface area (Å²) in [5.41, 5.74) is 3.71. The van der Waals surface area contributed by atoms with Crippen LogP contribution in [0, 0.1) is 0 Å². The van der Waals surface area contributed by atoms with Crippen molar-refractivity contribution in [3.8, 4) is 0 Å². The van der Waals surface area contributed by atoms with Gasteiger partial charge < -0.3 is 0 Å². The molecule has 0 unspecified atom stereocenters. The fraction of sp³-hybridized carbons (Fsp3) is 0. The van der Waals surface area contributed by atoms with E-state index in [1.807, 2.05) is 79.0 Å². The van der Waals surface area contributed by atoms with E-state index >= 15 is 0 Å². The monoisotopic (exact) mass is 285 g/mol. The van der Waals surface area contributed by atoms with Crippen molar-refractivity contribution in [2.45, 2.75) is 0 Å². The van der Waals surface area contributed by atoms with E-state index in [1.54, 1.807) is 12.4 Å². The third-order valence-corrected chi connectivity index (χ3v) is 3.05. The standard InChI is InChI=1S/C19H15N3/c1-2-6-16(7-3-1)14-21-17-9-11-18(12-10-17)22-15-19-8-4-5-13-20-19/h1-15H. The summed E-state index contributed by atoms with van der Waals surface area (Å²) in [5, 5.41) is 0. The molecule has 0 saturated carbocycles. The Hall–Kier alpha value is -3.07. The summed E-state index contributed by atoms with van der Waals surface area (Å²) >= 11 is 0. The Morgan fingerprint density at radius 2 is 1.27 bits per heavy atom. The first-order valence-electron chi connectivity index (χ1n) is 7.04. The molecule has 3 heteroatoms. The Balaban J connectivity index is 1.68. The number of aromatic nitrogens is 1. The Morgan fingerprint density at radius 3 is 1.91 bits per heavy atom. The molecule has 1 aromatic heterocycles. The minimum atomic E-state index is 0.841. The van der Waals surface area contributed by atoms with Crippen molar-refractivity contribution < 1.29 is 0 Å². The minimum absolute atomic E-state index is 0.841. The van der Waals surface area contributed by atoms with Gasteiger partial charge in [0.2, 0.25) is 0 Å². The molecule has 0 aliphatic rings. The molecule has 3 aromatic rings. The highest BCUT2D eigenvalue weighted by Gasteiger charge is 1.92. The normalized spacial score (nSPS) is 11.3. The Labute approximate surface area is 129 Å². The van der Waals surface area contributed by atoms with Crippen molar-refractivity contribution in [2.24, 2.45) is 9.98 Å². The van der Waals surface area contributed by atoms with Gasteiger partial charge in [-0.2, -0.15) is 0 Å². The van der Waals surface area contributed by atoms with Crippen LogP contribution < -0.4 is 0 Å². The van der Waals surface area contributed by atoms with E-state index in [1.165, 1.54) is 0 Å². The first kappa shape index (κ1) is 13.9. The molecule has 0 amide bonds. The molecular formula is C19H15N3. The summed E-state index contributed by atoms with van der Waals surface area (Å²) < 4.78 is 0. The number of pyridine rings is 1. The van der Waals surface area contributed by atoms with Crippen LogP contribution >= 0.6 is 0 Å². The summed E-state index contributed by atoms with van der Waals surface area (Å²) in [6.45, 7) is 0. The number of rotatable bonds is 4. The molecule has 2 aromatic carbocycles. The maximum atomic E-state index is 4.45. The van der Waals surface area contributed by atoms with Gasteiger partial charge >= 0.3 is 0 Å². The summed E-state index contributed by atoms with van der Waals surface area (Å²) in [5.74, 6) is 0. The third kappa shape index (κ3) is 3.96. The lowest BCUT2D eigenvalue weighted by atomic mass is 10.2. The van der Waals surface area contributed by atoms with Gasteiger partial charge in [0.05, 0.1) is 23.3 Å². The van der Waals surface area contributed by atoms with Gasteiger partial charge in [-0.25, -0.2) is 0 Å². The van der Waals surface area contributed by atoms with Crippen LogP contribution in [0.5, 0.6) is 0 Å². The molecule has 0 N–H and O–H groups in total. The fourth-order valence-corrected chi connectivity index (χ4v) is 1.91. The smallest absolute Gasteiger partial charge is 0.0812 e. The van der Waals surface area contributed by atoms with Crippen LogP contribution in [0.3, 0.4) is 0 Å². The second-order valence-electron chi connectivity index (χ2n) is 4.70. The Kier molecular flexibility index (Phi) is 4.47. The number of hydrogen-bond acceptors (Lipinski definition) is 3. The average molecular weight is 285 g/mol. The van der Waals surface area contributed by atoms with E-state index in [4.69, 9.17) is 0 Å². The van der Waals surface area contributed by atoms with Crippen LogP contribution in [0.15, 0.2) is 89.0 Å². The quantitative estimate of drug-likeness (QED) is 0.646. The van der Waals surface area contributed by atoms with Gasteiger partial charge in [0, 0.05) is 12.4 Å². The lowest BCUT2D eigenvalue weighted by Crippen LogP contribution is -1.83. The molecule has 0 saturated heterocycles. The zero-order valence-corrected chi connectivity index (χ0v) is 12.0. The lowest BCUT2D eigenvalue weighted by Gasteiger charge is -1.96. The van der Waals surface area contributed by atoms with Crippen LogP contribution in [0.25, 0.3) is 0 Å². The summed E-state index contributed by atoms with van der Waals surface area (Å²) in [4.78, 5) is 13.0. The molecule has 0 radical (unpaired) electrons. The Bertz CT molecular complexity index is 692. The zero-order valence-electron chi connectivity index (χ0n) is 12.0. The van der Waals surface area contributed by atoms with Gasteiger partial charge in [0.25, 0.3) is 0 Å². The third-order valence-electron chi connectivity index (χ3n) is 3.05. The first-order valence-corrected chi connectivity index (χ1v) is 7.04. The van der Waals surface area contributed by atoms with Crippen molar-refractivity contribution >= 4 is 23.8 Å². The topological polar surface area (TPSA) is 37.6 Å². The van der Waals surface area contributed by atoms with Crippen molar-refractivity contribution in [3.05, 3.63) is 90.3 Å². The predicted octanol–water partition coefficient (Wildman–Crippen LogP) is 4.58. The summed E-state index contributed by atoms with van der Waals surface area (Å²) in [6.07, 6.45) is 5.36. The van der Waals surface area contributed by atoms with Crippen LogP contribution in [0.2, 0.25) is 0 Å². The molecule has 0 aliphatic heterocycles. The van der Waals surface area contributed by atoms with Gasteiger partial charge in [-0.1, -0.05) is 36.4 Å². The highest BCUT2D eigenvalue weighted by Crippen LogP contribution is 2.18. The highest BCUT2D eigenvalue weighted by molar-refractivity contribution is 5.82. The molecule has 3 rings (SSSR count). The summed E-state index contributed by atoms with van der Waals surface area (Å²) in [7, 11) is 0. The SMILES string of the molecule is C(=Nc1ccc(N=Cc2ccccn2)cc1)c1ccccc1. The van der Waals surface area contributed by atoms with E-state index in [0.717, 1.165) is 22.6 Å². The van der Waals surface area contributed by atoms with Gasteiger partial charge in [0.15, 0.2) is 0 Å². The average Bonchev–Trinajstić information content (AvgIpc) is 2.61. The largest absolute Gasteiger partial charge is 0.256 e. The maximum absolute atomic E-state index is 4.45. The highest BCUT2D eigenvalue weighted by atomic mass is 14.8. The van der Waals surface area contributed by atoms with E-state index in [2.05, 4.69) is 15.0 Å². The molecule has 0 bridgehead atoms. The summed E-state index contributed by atoms with van der Waals surface area (Å²) in [6, 6.07) is 23.6. The van der Waals surface area contributed by atoms with Crippen molar-refractivity contribution in [2.75, 3.05) is 0 Å². The van der Waals surface area contributed by atoms with Gasteiger partial charge in [-0.05, 0) is 42.0 Å². The molecule has 0 spiro atoms. The van der Waals surface area contributed by atoms with Crippen LogP contribution in [0.4, 0.5) is 11.4 Å². The first-order chi connectivity index (χ1) is 10.9. The van der Waals surface area contributed by atoms with E-state index in [9.17, 15) is 0 Å². The zero-order chi connectivity index (χ0) is 15.0. The van der Waals surface area contributed by atoms with Crippen LogP contribution in [-0.4, -0.2) is 17.4 Å². The number of hydrogen-bond donors (Lipinski definition) is 0. The minimum Gasteiger partial charge on any atom is -0.256 e. The molecule has 3 nitrogen and oxygen atoms in total. The molecule has 0 fully saturated rings. The second-order valence-corrected chi connectivity index (χ2v) is 4.70. The molecule has 106 valence electrons. The molecule has 22 heavy (non-hydrogen) atoms. The van der Waals surface area contributed by atoms with Crippen LogP contribution in [-0.2, 0) is 0 Å². The molecule has 1 heterocycles. The van der Waals surface area contributed by atoms with Gasteiger partial charge in [0.1, 0.15) is 0 Å². The second kappa shape index (κ2) is 7.09. The number of aliphatic imine (C=N–C) groups is 2. The van der Waals surface area contributed by atoms with Crippen molar-refractivity contribution in [1.29, 1.82) is 0 Å². The van der Waals surface area contributed by atoms with Crippen molar-refractivity contribution in [3.63, 3.8) is 0 Å². The van der Waals surface area contributed by atoms with Crippen LogP contribution in [0.1, 0.15) is 11.3 Å². The predicted molar refractivity (Wildman–Crippen MR) is 91.6 cm³/mol. The van der Waals surface area contributed by atoms with E-state index in [-0.39, 0.29) is 0 Å². The van der Waals surface area contributed by atoms with Gasteiger partial charge in [-0.3, -0.25) is 15.0 Å². The molecule has 0 aliphatic carbocycles. The lowest BCUT2D eigenvalue weighted by molar-refractivity contribution is 1.30. The van der Waals surface area contributed by atoms with Crippen molar-refractivity contribution in [1.82, 2.24) is 4.98 Å². The van der Waals surface area contributed by atoms with Gasteiger partial charge in [-0.15, -0.1) is 0 Å². The maximum Gasteiger partial charge on any atom is 0.0812 e. The molecule has 0 atom stereocenters. The fourth-order valence-electron chi connectivity index (χ4n) is 1.91. The number of benzene rings is 2. The van der Waals surface area contributed by atoms with E-state index in [0.29, 0.717) is 0 Å².